The second-order valence-electron chi connectivity index (χ2n) is 12.8. The molecule has 2 amide bonds. The molecule has 0 saturated heterocycles. The minimum Gasteiger partial charge on any atom is -0.394 e. The summed E-state index contributed by atoms with van der Waals surface area (Å²) in [5.41, 5.74) is 2.21. The topological polar surface area (TPSA) is 105 Å². The van der Waals surface area contributed by atoms with Crippen molar-refractivity contribution in [2.75, 3.05) is 14.1 Å². The van der Waals surface area contributed by atoms with Crippen molar-refractivity contribution in [3.05, 3.63) is 46.6 Å². The number of amides is 2. The van der Waals surface area contributed by atoms with Gasteiger partial charge in [0.15, 0.2) is 46.0 Å². The van der Waals surface area contributed by atoms with E-state index in [9.17, 15) is 19.2 Å². The van der Waals surface area contributed by atoms with Crippen LogP contribution in [0, 0.1) is 24.7 Å². The number of benzene rings is 1. The van der Waals surface area contributed by atoms with E-state index in [1.807, 2.05) is 45.9 Å². The van der Waals surface area contributed by atoms with E-state index >= 15 is 0 Å². The van der Waals surface area contributed by atoms with Crippen LogP contribution in [0.3, 0.4) is 0 Å². The molecule has 1 aromatic carbocycles. The van der Waals surface area contributed by atoms with E-state index in [0.29, 0.717) is 23.1 Å². The number of likely N-dealkylation sites (N-methyl/N-ethyl adjacent to an activating group) is 2. The van der Waals surface area contributed by atoms with Gasteiger partial charge in [0.2, 0.25) is 11.8 Å². The van der Waals surface area contributed by atoms with Gasteiger partial charge in [-0.25, -0.2) is 4.79 Å². The molecule has 4 atom stereocenters. The monoisotopic (exact) mass is 871 g/mol. The molecule has 0 bridgehead atoms. The number of carbonyl (C=O) groups excluding carboxylic acids is 4. The Hall–Kier alpha value is -1.61. The van der Waals surface area contributed by atoms with Gasteiger partial charge in [-0.3, -0.25) is 14.4 Å². The first-order chi connectivity index (χ1) is 21.2. The summed E-state index contributed by atoms with van der Waals surface area (Å²) in [7, 11) is 3.22. The molecule has 0 radical (unpaired) electrons. The van der Waals surface area contributed by atoms with Gasteiger partial charge in [-0.1, -0.05) is 83.2 Å². The zero-order valence-electron chi connectivity index (χ0n) is 27.2. The molecule has 2 unspecified atom stereocenters. The highest BCUT2D eigenvalue weighted by molar-refractivity contribution is 14.1. The van der Waals surface area contributed by atoms with Crippen molar-refractivity contribution in [3.8, 4) is 0 Å². The lowest BCUT2D eigenvalue weighted by atomic mass is 9.83. The zero-order chi connectivity index (χ0) is 33.8. The standard InChI is InChI=1S/C33H48ClI2N3O6/c1-20(2)15-28(23(5)37-27(33(43)45-36)18-25-14-13-21(3)26(34)17-25)38(6)32(42)29(19-30(40)44-35)39(7)31(41)22(4)16-24-11-9-8-10-12-24/h13-14,17,20,22,24,27-29,37H,5,8-12,15-16,18-19H2,1-4,6-7H3/t22-,27?,28-,29?/m0/s1. The maximum Gasteiger partial charge on any atom is 0.338 e. The Bertz CT molecular complexity index is 1190. The molecule has 252 valence electrons. The Labute approximate surface area is 301 Å². The Morgan fingerprint density at radius 3 is 2.18 bits per heavy atom. The molecule has 0 aliphatic heterocycles. The highest BCUT2D eigenvalue weighted by Gasteiger charge is 2.37. The molecular formula is C33H48ClI2N3O6. The first kappa shape index (κ1) is 39.6. The van der Waals surface area contributed by atoms with Gasteiger partial charge in [0.05, 0.1) is 12.5 Å². The normalized spacial score (nSPS) is 16.2. The average molecular weight is 872 g/mol. The molecule has 1 aliphatic rings. The lowest BCUT2D eigenvalue weighted by Crippen LogP contribution is -2.54. The van der Waals surface area contributed by atoms with E-state index in [-0.39, 0.29) is 30.6 Å². The number of halogens is 3. The second-order valence-corrected chi connectivity index (χ2v) is 14.0. The summed E-state index contributed by atoms with van der Waals surface area (Å²) in [6.45, 7) is 12.1. The fraction of sp³-hybridized carbons (Fsp3) is 0.636. The summed E-state index contributed by atoms with van der Waals surface area (Å²) in [5, 5.41) is 3.81. The molecule has 12 heteroatoms. The van der Waals surface area contributed by atoms with Crippen LogP contribution in [0.4, 0.5) is 0 Å². The van der Waals surface area contributed by atoms with E-state index in [4.69, 9.17) is 17.7 Å². The number of rotatable bonds is 16. The fourth-order valence-electron chi connectivity index (χ4n) is 6.04. The molecule has 1 N–H and O–H groups in total. The first-order valence-electron chi connectivity index (χ1n) is 15.6. The summed E-state index contributed by atoms with van der Waals surface area (Å²) in [6.07, 6.45) is 7.11. The molecular weight excluding hydrogens is 824 g/mol. The number of nitrogens with one attached hydrogen (secondary N) is 1. The Morgan fingerprint density at radius 1 is 1.00 bits per heavy atom. The van der Waals surface area contributed by atoms with Gasteiger partial charge >= 0.3 is 11.9 Å². The quantitative estimate of drug-likeness (QED) is 0.176. The van der Waals surface area contributed by atoms with Crippen LogP contribution in [-0.4, -0.2) is 65.8 Å². The number of hydrogen-bond acceptors (Lipinski definition) is 7. The third kappa shape index (κ3) is 12.2. The Morgan fingerprint density at radius 2 is 1.62 bits per heavy atom. The summed E-state index contributed by atoms with van der Waals surface area (Å²) < 4.78 is 9.94. The number of carbonyl (C=O) groups is 4. The van der Waals surface area contributed by atoms with E-state index in [2.05, 4.69) is 11.9 Å². The SMILES string of the molecule is C=C(NC(Cc1ccc(C)c(Cl)c1)C(=O)OI)[C@H](CC(C)C)N(C)C(=O)C(CC(=O)OI)N(C)C(=O)[C@@H](C)CC1CCCCC1. The highest BCUT2D eigenvalue weighted by Crippen LogP contribution is 2.30. The first-order valence-corrected chi connectivity index (χ1v) is 17.7. The summed E-state index contributed by atoms with van der Waals surface area (Å²) in [4.78, 5) is 56.0. The highest BCUT2D eigenvalue weighted by atomic mass is 127. The van der Waals surface area contributed by atoms with Crippen LogP contribution in [0.2, 0.25) is 5.02 Å². The van der Waals surface area contributed by atoms with Gasteiger partial charge in [-0.2, -0.15) is 0 Å². The molecule has 9 nitrogen and oxygen atoms in total. The van der Waals surface area contributed by atoms with Crippen LogP contribution in [0.1, 0.15) is 83.3 Å². The Kier molecular flexibility index (Phi) is 16.9. The molecule has 0 spiro atoms. The van der Waals surface area contributed by atoms with Crippen molar-refractivity contribution in [3.63, 3.8) is 0 Å². The maximum absolute atomic E-state index is 14.2. The van der Waals surface area contributed by atoms with Crippen molar-refractivity contribution in [1.29, 1.82) is 0 Å². The van der Waals surface area contributed by atoms with Gasteiger partial charge in [0, 0.05) is 37.2 Å². The lowest BCUT2D eigenvalue weighted by molar-refractivity contribution is -0.150. The van der Waals surface area contributed by atoms with Crippen LogP contribution in [-0.2, 0) is 31.7 Å². The zero-order valence-corrected chi connectivity index (χ0v) is 32.3. The molecule has 1 saturated carbocycles. The molecule has 0 heterocycles. The number of nitrogens with zero attached hydrogens (tertiary/aromatic N) is 2. The maximum atomic E-state index is 14.2. The molecule has 1 aromatic rings. The van der Waals surface area contributed by atoms with Gasteiger partial charge in [-0.15, -0.1) is 0 Å². The minimum atomic E-state index is -1.06. The average Bonchev–Trinajstić information content (AvgIpc) is 3.02. The van der Waals surface area contributed by atoms with Crippen molar-refractivity contribution < 1.29 is 25.3 Å². The van der Waals surface area contributed by atoms with Crippen LogP contribution < -0.4 is 5.32 Å². The predicted molar refractivity (Wildman–Crippen MR) is 194 cm³/mol. The number of aryl methyl sites for hydroxylation is 1. The number of hydrogen-bond donors (Lipinski definition) is 1. The van der Waals surface area contributed by atoms with E-state index in [1.165, 1.54) is 52.1 Å². The van der Waals surface area contributed by atoms with Gasteiger partial charge in [0.25, 0.3) is 0 Å². The van der Waals surface area contributed by atoms with Crippen molar-refractivity contribution >= 4 is 81.4 Å². The van der Waals surface area contributed by atoms with Crippen LogP contribution in [0.25, 0.3) is 0 Å². The third-order valence-corrected chi connectivity index (χ3v) is 10.0. The lowest BCUT2D eigenvalue weighted by Gasteiger charge is -2.37. The van der Waals surface area contributed by atoms with Crippen molar-refractivity contribution in [1.82, 2.24) is 15.1 Å². The second kappa shape index (κ2) is 19.3. The van der Waals surface area contributed by atoms with Crippen LogP contribution >= 0.6 is 57.6 Å². The van der Waals surface area contributed by atoms with E-state index in [0.717, 1.165) is 30.4 Å². The van der Waals surface area contributed by atoms with Crippen molar-refractivity contribution in [2.45, 2.75) is 104 Å². The molecule has 2 rings (SSSR count). The minimum absolute atomic E-state index is 0.155. The smallest absolute Gasteiger partial charge is 0.338 e. The van der Waals surface area contributed by atoms with Crippen molar-refractivity contribution in [2.24, 2.45) is 17.8 Å². The molecule has 1 fully saturated rings. The van der Waals surface area contributed by atoms with E-state index < -0.39 is 36.0 Å². The summed E-state index contributed by atoms with van der Waals surface area (Å²) in [5.74, 6) is -1.32. The fourth-order valence-corrected chi connectivity index (χ4v) is 6.73. The molecule has 0 aromatic heterocycles. The summed E-state index contributed by atoms with van der Waals surface area (Å²) >= 11 is 9.39. The van der Waals surface area contributed by atoms with Crippen LogP contribution in [0.5, 0.6) is 0 Å². The van der Waals surface area contributed by atoms with Gasteiger partial charge < -0.3 is 21.2 Å². The summed E-state index contributed by atoms with van der Waals surface area (Å²) in [6, 6.07) is 3.20. The Balaban J connectivity index is 2.31. The van der Waals surface area contributed by atoms with E-state index in [1.54, 1.807) is 37.1 Å². The largest absolute Gasteiger partial charge is 0.394 e. The van der Waals surface area contributed by atoms with Gasteiger partial charge in [0.1, 0.15) is 12.1 Å². The van der Waals surface area contributed by atoms with Crippen LogP contribution in [0.15, 0.2) is 30.5 Å². The molecule has 45 heavy (non-hydrogen) atoms. The van der Waals surface area contributed by atoms with Gasteiger partial charge in [-0.05, 0) is 48.8 Å². The predicted octanol–water partition coefficient (Wildman–Crippen LogP) is 7.15. The molecule has 1 aliphatic carbocycles. The third-order valence-electron chi connectivity index (χ3n) is 8.69.